The number of carbonyl (C=O) groups is 2. The fraction of sp³-hybridized carbons (Fsp3) is 0.481. The van der Waals surface area contributed by atoms with Gasteiger partial charge in [-0.1, -0.05) is 35.9 Å². The van der Waals surface area contributed by atoms with Gasteiger partial charge in [-0.25, -0.2) is 0 Å². The monoisotopic (exact) mass is 466 g/mol. The van der Waals surface area contributed by atoms with E-state index in [1.165, 1.54) is 0 Å². The zero-order chi connectivity index (χ0) is 23.9. The molecule has 0 saturated carbocycles. The van der Waals surface area contributed by atoms with E-state index in [2.05, 4.69) is 10.2 Å². The van der Waals surface area contributed by atoms with E-state index >= 15 is 0 Å². The highest BCUT2D eigenvalue weighted by molar-refractivity contribution is 5.96. The Morgan fingerprint density at radius 2 is 1.71 bits per heavy atom. The predicted octanol–water partition coefficient (Wildman–Crippen LogP) is 3.43. The van der Waals surface area contributed by atoms with Crippen LogP contribution in [0.3, 0.4) is 0 Å². The first-order chi connectivity index (χ1) is 16.5. The third-order valence-corrected chi connectivity index (χ3v) is 6.47. The number of amides is 1. The van der Waals surface area contributed by atoms with E-state index < -0.39 is 12.1 Å². The Morgan fingerprint density at radius 1 is 1.00 bits per heavy atom. The van der Waals surface area contributed by atoms with Crippen LogP contribution in [0.2, 0.25) is 0 Å². The molecule has 0 radical (unpaired) electrons. The van der Waals surface area contributed by atoms with Crippen LogP contribution < -0.4 is 14.8 Å². The van der Waals surface area contributed by atoms with Crippen molar-refractivity contribution in [1.82, 2.24) is 10.2 Å². The quantitative estimate of drug-likeness (QED) is 0.522. The molecule has 1 saturated heterocycles. The van der Waals surface area contributed by atoms with E-state index in [4.69, 9.17) is 9.47 Å². The van der Waals surface area contributed by atoms with Gasteiger partial charge in [0.15, 0.2) is 17.3 Å². The number of hydrogen-bond donors (Lipinski definition) is 2. The van der Waals surface area contributed by atoms with Crippen LogP contribution in [0.25, 0.3) is 0 Å². The Morgan fingerprint density at radius 3 is 2.44 bits per heavy atom. The van der Waals surface area contributed by atoms with Crippen molar-refractivity contribution in [2.24, 2.45) is 0 Å². The fourth-order valence-electron chi connectivity index (χ4n) is 4.52. The summed E-state index contributed by atoms with van der Waals surface area (Å²) in [7, 11) is 0. The maximum absolute atomic E-state index is 12.8. The number of ketones is 1. The van der Waals surface area contributed by atoms with Crippen LogP contribution in [-0.4, -0.2) is 60.6 Å². The number of carbonyl (C=O) groups excluding carboxylic acids is 2. The highest BCUT2D eigenvalue weighted by Crippen LogP contribution is 2.33. The Bertz CT molecular complexity index is 985. The maximum atomic E-state index is 12.8. The summed E-state index contributed by atoms with van der Waals surface area (Å²) >= 11 is 0. The first-order valence-corrected chi connectivity index (χ1v) is 12.2. The first-order valence-electron chi connectivity index (χ1n) is 12.2. The summed E-state index contributed by atoms with van der Waals surface area (Å²) in [6.45, 7) is 5.47. The van der Waals surface area contributed by atoms with E-state index in [9.17, 15) is 14.7 Å². The van der Waals surface area contributed by atoms with Crippen molar-refractivity contribution in [3.8, 4) is 11.5 Å². The lowest BCUT2D eigenvalue weighted by Crippen LogP contribution is -2.46. The van der Waals surface area contributed by atoms with Crippen LogP contribution in [0.15, 0.2) is 42.5 Å². The smallest absolute Gasteiger partial charge is 0.220 e. The Hall–Kier alpha value is -2.90. The molecule has 2 N–H and O–H groups in total. The van der Waals surface area contributed by atoms with Crippen molar-refractivity contribution in [1.29, 1.82) is 0 Å². The molecule has 2 aliphatic heterocycles. The van der Waals surface area contributed by atoms with E-state index in [1.54, 1.807) is 12.1 Å². The van der Waals surface area contributed by atoms with Crippen molar-refractivity contribution >= 4 is 11.7 Å². The van der Waals surface area contributed by atoms with Gasteiger partial charge in [0.25, 0.3) is 0 Å². The number of likely N-dealkylation sites (tertiary alicyclic amines) is 1. The van der Waals surface area contributed by atoms with Crippen LogP contribution in [0.5, 0.6) is 11.5 Å². The molecule has 0 bridgehead atoms. The lowest BCUT2D eigenvalue weighted by Gasteiger charge is -2.29. The third kappa shape index (κ3) is 6.36. The van der Waals surface area contributed by atoms with Crippen molar-refractivity contribution in [3.05, 3.63) is 59.2 Å². The molecule has 7 heteroatoms. The predicted molar refractivity (Wildman–Crippen MR) is 129 cm³/mol. The minimum Gasteiger partial charge on any atom is -0.486 e. The van der Waals surface area contributed by atoms with Gasteiger partial charge in [-0.05, 0) is 57.0 Å². The number of aryl methyl sites for hydroxylation is 1. The first kappa shape index (κ1) is 24.2. The number of fused-ring (bicyclic) bond motifs is 1. The summed E-state index contributed by atoms with van der Waals surface area (Å²) in [6, 6.07) is 12.5. The number of aliphatic hydroxyl groups is 1. The molecule has 4 rings (SSSR count). The molecule has 182 valence electrons. The number of rotatable bonds is 10. The van der Waals surface area contributed by atoms with Gasteiger partial charge in [-0.15, -0.1) is 0 Å². The topological polar surface area (TPSA) is 88.1 Å². The molecule has 2 heterocycles. The SMILES string of the molecule is Cc1ccc(C(=O)CCCC(=O)N[C@H](CN2CCCC2)[C@H](O)c2ccc3c(c2)OCCO3)cc1. The number of aliphatic hydroxyl groups excluding tert-OH is 1. The molecule has 0 unspecified atom stereocenters. The zero-order valence-electron chi connectivity index (χ0n) is 19.8. The van der Waals surface area contributed by atoms with Crippen LogP contribution in [0.1, 0.15) is 59.7 Å². The third-order valence-electron chi connectivity index (χ3n) is 6.47. The van der Waals surface area contributed by atoms with Gasteiger partial charge in [0, 0.05) is 24.9 Å². The molecular weight excluding hydrogens is 432 g/mol. The molecule has 0 aromatic heterocycles. The average Bonchev–Trinajstić information content (AvgIpc) is 3.36. The highest BCUT2D eigenvalue weighted by Gasteiger charge is 2.27. The van der Waals surface area contributed by atoms with Gasteiger partial charge < -0.3 is 24.8 Å². The minimum atomic E-state index is -0.880. The Kier molecular flexibility index (Phi) is 8.19. The Balaban J connectivity index is 1.35. The highest BCUT2D eigenvalue weighted by atomic mass is 16.6. The molecule has 2 aromatic rings. The van der Waals surface area contributed by atoms with E-state index in [-0.39, 0.29) is 18.1 Å². The summed E-state index contributed by atoms with van der Waals surface area (Å²) in [5, 5.41) is 14.2. The number of nitrogens with zero attached hydrogens (tertiary/aromatic N) is 1. The van der Waals surface area contributed by atoms with Gasteiger partial charge in [0.1, 0.15) is 19.3 Å². The second-order valence-corrected chi connectivity index (χ2v) is 9.17. The molecule has 0 aliphatic carbocycles. The van der Waals surface area contributed by atoms with Crippen LogP contribution in [0.4, 0.5) is 0 Å². The molecule has 1 amide bonds. The number of nitrogens with one attached hydrogen (secondary N) is 1. The van der Waals surface area contributed by atoms with Crippen molar-refractivity contribution in [3.63, 3.8) is 0 Å². The Labute approximate surface area is 201 Å². The number of hydrogen-bond acceptors (Lipinski definition) is 6. The minimum absolute atomic E-state index is 0.0396. The molecule has 2 aliphatic rings. The molecule has 34 heavy (non-hydrogen) atoms. The van der Waals surface area contributed by atoms with Crippen molar-refractivity contribution in [2.45, 2.75) is 51.2 Å². The second kappa shape index (κ2) is 11.5. The van der Waals surface area contributed by atoms with Crippen molar-refractivity contribution in [2.75, 3.05) is 32.8 Å². The maximum Gasteiger partial charge on any atom is 0.220 e. The average molecular weight is 467 g/mol. The normalized spacial score (nSPS) is 17.2. The van der Waals surface area contributed by atoms with Gasteiger partial charge in [0.2, 0.25) is 5.91 Å². The number of ether oxygens (including phenoxy) is 2. The second-order valence-electron chi connectivity index (χ2n) is 9.17. The zero-order valence-corrected chi connectivity index (χ0v) is 19.8. The lowest BCUT2D eigenvalue weighted by molar-refractivity contribution is -0.123. The molecule has 1 fully saturated rings. The van der Waals surface area contributed by atoms with Crippen LogP contribution in [-0.2, 0) is 4.79 Å². The van der Waals surface area contributed by atoms with Gasteiger partial charge in [-0.2, -0.15) is 0 Å². The van der Waals surface area contributed by atoms with E-state index in [0.29, 0.717) is 55.2 Å². The number of Topliss-reactive ketones (excluding diaryl/α,β-unsaturated/α-hetero) is 1. The van der Waals surface area contributed by atoms with Crippen LogP contribution >= 0.6 is 0 Å². The molecule has 7 nitrogen and oxygen atoms in total. The lowest BCUT2D eigenvalue weighted by atomic mass is 10.00. The molecule has 2 aromatic carbocycles. The summed E-state index contributed by atoms with van der Waals surface area (Å²) in [6.07, 6.45) is 2.40. The summed E-state index contributed by atoms with van der Waals surface area (Å²) in [4.78, 5) is 27.4. The summed E-state index contributed by atoms with van der Waals surface area (Å²) in [5.74, 6) is 1.17. The summed E-state index contributed by atoms with van der Waals surface area (Å²) < 4.78 is 11.2. The van der Waals surface area contributed by atoms with E-state index in [1.807, 2.05) is 37.3 Å². The van der Waals surface area contributed by atoms with Crippen LogP contribution in [0, 0.1) is 6.92 Å². The summed E-state index contributed by atoms with van der Waals surface area (Å²) in [5.41, 5.74) is 2.46. The molecular formula is C27H34N2O5. The fourth-order valence-corrected chi connectivity index (χ4v) is 4.52. The van der Waals surface area contributed by atoms with Crippen molar-refractivity contribution < 1.29 is 24.2 Å². The standard InChI is InChI=1S/C27H34N2O5/c1-19-7-9-20(10-8-19)23(30)5-4-6-26(31)28-22(18-29-13-2-3-14-29)27(32)21-11-12-24-25(17-21)34-16-15-33-24/h7-12,17,22,27,32H,2-6,13-16,18H2,1H3,(H,28,31)/t22-,27-/m1/s1. The van der Waals surface area contributed by atoms with Gasteiger partial charge in [0.05, 0.1) is 6.04 Å². The molecule has 0 spiro atoms. The van der Waals surface area contributed by atoms with Gasteiger partial charge >= 0.3 is 0 Å². The largest absolute Gasteiger partial charge is 0.486 e. The molecule has 2 atom stereocenters. The number of benzene rings is 2. The van der Waals surface area contributed by atoms with E-state index in [0.717, 1.165) is 31.5 Å². The van der Waals surface area contributed by atoms with Gasteiger partial charge in [-0.3, -0.25) is 9.59 Å².